The normalized spacial score (nSPS) is 15.4. The van der Waals surface area contributed by atoms with Crippen LogP contribution in [0.3, 0.4) is 0 Å². The lowest BCUT2D eigenvalue weighted by atomic mass is 9.87. The van der Waals surface area contributed by atoms with Gasteiger partial charge in [0.2, 0.25) is 0 Å². The molecule has 0 saturated carbocycles. The molecule has 0 aromatic heterocycles. The predicted octanol–water partition coefficient (Wildman–Crippen LogP) is 8.27. The molecular formula is C14HF21OS. The van der Waals surface area contributed by atoms with E-state index in [0.29, 0.717) is 0 Å². The van der Waals surface area contributed by atoms with Gasteiger partial charge in [0.25, 0.3) is 0 Å². The molecule has 0 unspecified atom stereocenters. The van der Waals surface area contributed by atoms with Gasteiger partial charge in [-0.3, -0.25) is 0 Å². The zero-order valence-corrected chi connectivity index (χ0v) is 16.6. The zero-order valence-electron chi connectivity index (χ0n) is 15.8. The Morgan fingerprint density at radius 3 is 0.946 bits per heavy atom. The van der Waals surface area contributed by atoms with Crippen molar-refractivity contribution in [2.45, 2.75) is 52.5 Å². The second kappa shape index (κ2) is 8.79. The molecule has 0 aliphatic carbocycles. The van der Waals surface area contributed by atoms with Crippen LogP contribution < -0.4 is 0 Å². The van der Waals surface area contributed by atoms with Crippen LogP contribution in [0.15, 0.2) is 4.90 Å². The lowest BCUT2D eigenvalue weighted by molar-refractivity contribution is -0.463. The van der Waals surface area contributed by atoms with Crippen LogP contribution >= 0.6 is 12.0 Å². The molecule has 0 saturated heterocycles. The third kappa shape index (κ3) is 4.04. The maximum atomic E-state index is 14.0. The number of hydrogen-bond donors (Lipinski definition) is 1. The molecule has 0 bridgehead atoms. The van der Waals surface area contributed by atoms with Crippen molar-refractivity contribution in [3.8, 4) is 0 Å². The SMILES string of the molecule is OSc1c(F)c(F)c(C(F)(F)C(F)(F)C(F)(F)C(F)(F)C(F)(F)C(F)(F)C(F)(F)C(F)(F)F)c(F)c1F. The summed E-state index contributed by atoms with van der Waals surface area (Å²) in [6, 6.07) is 0. The monoisotopic (exact) mass is 616 g/mol. The molecule has 0 spiro atoms. The molecule has 0 aliphatic heterocycles. The number of benzene rings is 1. The van der Waals surface area contributed by atoms with Gasteiger partial charge in [0.15, 0.2) is 23.3 Å². The van der Waals surface area contributed by atoms with Gasteiger partial charge in [0.1, 0.15) is 10.5 Å². The van der Waals surface area contributed by atoms with Crippen LogP contribution in [0.5, 0.6) is 0 Å². The van der Waals surface area contributed by atoms with E-state index in [2.05, 4.69) is 0 Å². The molecule has 0 aliphatic rings. The fraction of sp³-hybridized carbons (Fsp3) is 0.571. The highest BCUT2D eigenvalue weighted by Crippen LogP contribution is 2.65. The first kappa shape index (κ1) is 33.1. The molecule has 37 heavy (non-hydrogen) atoms. The molecule has 0 radical (unpaired) electrons. The minimum absolute atomic E-state index is 1.38. The van der Waals surface area contributed by atoms with Crippen LogP contribution in [-0.4, -0.2) is 46.3 Å². The average molecular weight is 616 g/mol. The third-order valence-electron chi connectivity index (χ3n) is 4.35. The molecule has 0 fully saturated rings. The van der Waals surface area contributed by atoms with Crippen LogP contribution in [0.4, 0.5) is 92.2 Å². The second-order valence-electron chi connectivity index (χ2n) is 6.57. The fourth-order valence-electron chi connectivity index (χ4n) is 2.29. The van der Waals surface area contributed by atoms with E-state index < -0.39 is 93.4 Å². The van der Waals surface area contributed by atoms with E-state index in [1.54, 1.807) is 0 Å². The minimum Gasteiger partial charge on any atom is -0.325 e. The summed E-state index contributed by atoms with van der Waals surface area (Å²) >= 11 is -1.38. The first-order chi connectivity index (χ1) is 16.0. The Labute approximate surface area is 191 Å². The van der Waals surface area contributed by atoms with E-state index in [1.165, 1.54) is 0 Å². The highest BCUT2D eigenvalue weighted by atomic mass is 32.2. The Morgan fingerprint density at radius 2 is 0.676 bits per heavy atom. The summed E-state index contributed by atoms with van der Waals surface area (Å²) in [5.41, 5.74) is -4.29. The maximum absolute atomic E-state index is 14.0. The summed E-state index contributed by atoms with van der Waals surface area (Å²) < 4.78 is 287. The largest absolute Gasteiger partial charge is 0.460 e. The lowest BCUT2D eigenvalue weighted by Crippen LogP contribution is -2.74. The molecular weight excluding hydrogens is 615 g/mol. The van der Waals surface area contributed by atoms with Crippen molar-refractivity contribution in [3.63, 3.8) is 0 Å². The number of rotatable bonds is 8. The third-order valence-corrected chi connectivity index (χ3v) is 4.89. The predicted molar refractivity (Wildman–Crippen MR) is 74.4 cm³/mol. The summed E-state index contributed by atoms with van der Waals surface area (Å²) in [6.45, 7) is 0. The molecule has 23 heteroatoms. The van der Waals surface area contributed by atoms with Crippen LogP contribution in [0.1, 0.15) is 5.56 Å². The molecule has 0 atom stereocenters. The summed E-state index contributed by atoms with van der Waals surface area (Å²) in [5, 5.41) is 0. The first-order valence-electron chi connectivity index (χ1n) is 7.86. The van der Waals surface area contributed by atoms with Crippen molar-refractivity contribution in [3.05, 3.63) is 28.8 Å². The van der Waals surface area contributed by atoms with Gasteiger partial charge in [0, 0.05) is 12.0 Å². The van der Waals surface area contributed by atoms with Crippen LogP contribution in [0, 0.1) is 23.3 Å². The van der Waals surface area contributed by atoms with Gasteiger partial charge in [-0.05, 0) is 0 Å². The lowest BCUT2D eigenvalue weighted by Gasteiger charge is -2.42. The molecule has 1 rings (SSSR count). The highest BCUT2D eigenvalue weighted by molar-refractivity contribution is 7.93. The topological polar surface area (TPSA) is 20.2 Å². The quantitative estimate of drug-likeness (QED) is 0.180. The minimum atomic E-state index is -9.06. The Morgan fingerprint density at radius 1 is 0.405 bits per heavy atom. The van der Waals surface area contributed by atoms with E-state index in [-0.39, 0.29) is 0 Å². The van der Waals surface area contributed by atoms with Gasteiger partial charge >= 0.3 is 47.6 Å². The summed E-state index contributed by atoms with van der Waals surface area (Å²) in [5.74, 6) is -75.1. The summed E-state index contributed by atoms with van der Waals surface area (Å²) in [4.78, 5) is -2.39. The van der Waals surface area contributed by atoms with Gasteiger partial charge < -0.3 is 4.55 Å². The van der Waals surface area contributed by atoms with Crippen molar-refractivity contribution < 1.29 is 96.8 Å². The second-order valence-corrected chi connectivity index (χ2v) is 7.16. The van der Waals surface area contributed by atoms with E-state index >= 15 is 0 Å². The summed E-state index contributed by atoms with van der Waals surface area (Å²) in [6.07, 6.45) is -7.98. The van der Waals surface area contributed by atoms with E-state index in [9.17, 15) is 92.2 Å². The van der Waals surface area contributed by atoms with Gasteiger partial charge in [-0.15, -0.1) is 0 Å². The number of alkyl halides is 17. The van der Waals surface area contributed by atoms with E-state index in [1.807, 2.05) is 0 Å². The molecule has 1 aromatic carbocycles. The highest BCUT2D eigenvalue weighted by Gasteiger charge is 2.95. The molecule has 1 aromatic rings. The van der Waals surface area contributed by atoms with Crippen molar-refractivity contribution >= 4 is 12.0 Å². The molecule has 0 amide bonds. The van der Waals surface area contributed by atoms with E-state index in [0.717, 1.165) is 0 Å². The van der Waals surface area contributed by atoms with Crippen LogP contribution in [0.2, 0.25) is 0 Å². The van der Waals surface area contributed by atoms with Crippen molar-refractivity contribution in [2.24, 2.45) is 0 Å². The molecule has 1 nitrogen and oxygen atoms in total. The molecule has 0 heterocycles. The number of halogens is 21. The first-order valence-corrected chi connectivity index (χ1v) is 8.63. The maximum Gasteiger partial charge on any atom is 0.460 e. The summed E-state index contributed by atoms with van der Waals surface area (Å²) in [7, 11) is 0. The Balaban J connectivity index is 3.96. The van der Waals surface area contributed by atoms with Gasteiger partial charge in [-0.25, -0.2) is 17.6 Å². The Kier molecular flexibility index (Phi) is 7.86. The smallest absolute Gasteiger partial charge is 0.325 e. The van der Waals surface area contributed by atoms with Crippen LogP contribution in [-0.2, 0) is 5.92 Å². The standard InChI is InChI=1S/C14HF21OS/c15-2-1(3(16)5(18)6(37-36)4(2)17)7(19,20)8(21,22)9(23,24)10(25,26)11(27,28)12(29,30)13(31,32)14(33,34)35/h36H. The van der Waals surface area contributed by atoms with Crippen molar-refractivity contribution in [2.75, 3.05) is 0 Å². The molecule has 216 valence electrons. The Hall–Kier alpha value is -1.94. The fourth-order valence-corrected chi connectivity index (χ4v) is 2.63. The zero-order chi connectivity index (χ0) is 30.2. The van der Waals surface area contributed by atoms with Crippen molar-refractivity contribution in [1.82, 2.24) is 0 Å². The van der Waals surface area contributed by atoms with Gasteiger partial charge in [0.05, 0.1) is 0 Å². The van der Waals surface area contributed by atoms with Crippen molar-refractivity contribution in [1.29, 1.82) is 0 Å². The Bertz CT molecular complexity index is 1010. The van der Waals surface area contributed by atoms with Crippen LogP contribution in [0.25, 0.3) is 0 Å². The van der Waals surface area contributed by atoms with E-state index in [4.69, 9.17) is 4.55 Å². The number of hydrogen-bond acceptors (Lipinski definition) is 2. The van der Waals surface area contributed by atoms with Gasteiger partial charge in [-0.2, -0.15) is 74.6 Å². The molecule has 1 N–H and O–H groups in total. The van der Waals surface area contributed by atoms with Gasteiger partial charge in [-0.1, -0.05) is 0 Å². The average Bonchev–Trinajstić information content (AvgIpc) is 2.71.